The predicted molar refractivity (Wildman–Crippen MR) is 110 cm³/mol. The van der Waals surface area contributed by atoms with Crippen molar-refractivity contribution in [3.05, 3.63) is 84.1 Å². The van der Waals surface area contributed by atoms with Gasteiger partial charge in [0.2, 0.25) is 0 Å². The van der Waals surface area contributed by atoms with Gasteiger partial charge in [-0.15, -0.1) is 0 Å². The number of aryl methyl sites for hydroxylation is 1. The third kappa shape index (κ3) is 3.91. The summed E-state index contributed by atoms with van der Waals surface area (Å²) >= 11 is 0. The molecule has 3 N–H and O–H groups in total. The minimum absolute atomic E-state index is 0.105. The molecule has 0 fully saturated rings. The molecule has 1 atom stereocenters. The monoisotopic (exact) mass is 389 g/mol. The van der Waals surface area contributed by atoms with E-state index in [0.29, 0.717) is 17.5 Å². The summed E-state index contributed by atoms with van der Waals surface area (Å²) in [5, 5.41) is 3.13. The van der Waals surface area contributed by atoms with E-state index in [-0.39, 0.29) is 11.7 Å². The van der Waals surface area contributed by atoms with E-state index in [4.69, 9.17) is 5.73 Å². The highest BCUT2D eigenvalue weighted by Crippen LogP contribution is 2.35. The maximum atomic E-state index is 13.4. The number of imidazole rings is 1. The zero-order chi connectivity index (χ0) is 20.4. The molecule has 0 aliphatic heterocycles. The standard InChI is InChI=1S/C21H20FN7/c1-13-11-29(12-26-13)17-9-18(27-19-10-24-7-8-25-19)28-21(23)20(17)14(2)15-3-5-16(22)6-4-15/h3-12,14H,1-2H3,(H3,23,25,27,28). The van der Waals surface area contributed by atoms with Crippen LogP contribution in [0, 0.1) is 12.7 Å². The van der Waals surface area contributed by atoms with E-state index in [2.05, 4.69) is 25.3 Å². The van der Waals surface area contributed by atoms with E-state index >= 15 is 0 Å². The van der Waals surface area contributed by atoms with Gasteiger partial charge in [0.1, 0.15) is 23.3 Å². The highest BCUT2D eigenvalue weighted by atomic mass is 19.1. The van der Waals surface area contributed by atoms with Gasteiger partial charge in [-0.25, -0.2) is 19.3 Å². The van der Waals surface area contributed by atoms with Crippen LogP contribution in [0.2, 0.25) is 0 Å². The van der Waals surface area contributed by atoms with Gasteiger partial charge < -0.3 is 15.6 Å². The number of nitrogens with two attached hydrogens (primary N) is 1. The van der Waals surface area contributed by atoms with Crippen LogP contribution < -0.4 is 11.1 Å². The number of aromatic nitrogens is 5. The van der Waals surface area contributed by atoms with Crippen molar-refractivity contribution in [1.29, 1.82) is 0 Å². The molecule has 0 spiro atoms. The second-order valence-electron chi connectivity index (χ2n) is 6.74. The third-order valence-corrected chi connectivity index (χ3v) is 4.68. The highest BCUT2D eigenvalue weighted by molar-refractivity contribution is 5.65. The first-order valence-corrected chi connectivity index (χ1v) is 9.11. The molecule has 0 aliphatic rings. The molecule has 7 nitrogen and oxygen atoms in total. The van der Waals surface area contributed by atoms with E-state index in [1.54, 1.807) is 37.1 Å². The maximum absolute atomic E-state index is 13.4. The largest absolute Gasteiger partial charge is 0.383 e. The number of anilines is 3. The van der Waals surface area contributed by atoms with Gasteiger partial charge in [-0.3, -0.25) is 4.98 Å². The predicted octanol–water partition coefficient (Wildman–Crippen LogP) is 3.98. The number of hydrogen-bond donors (Lipinski definition) is 2. The van der Waals surface area contributed by atoms with Crippen LogP contribution in [0.4, 0.5) is 21.8 Å². The fourth-order valence-corrected chi connectivity index (χ4v) is 3.25. The summed E-state index contributed by atoms with van der Waals surface area (Å²) in [7, 11) is 0. The van der Waals surface area contributed by atoms with E-state index in [1.807, 2.05) is 30.7 Å². The lowest BCUT2D eigenvalue weighted by molar-refractivity contribution is 0.626. The van der Waals surface area contributed by atoms with Crippen LogP contribution in [0.25, 0.3) is 5.69 Å². The Bertz CT molecular complexity index is 1120. The lowest BCUT2D eigenvalue weighted by atomic mass is 9.92. The molecule has 4 aromatic rings. The molecule has 0 saturated heterocycles. The van der Waals surface area contributed by atoms with E-state index in [0.717, 1.165) is 22.5 Å². The Kier molecular flexibility index (Phi) is 4.90. The summed E-state index contributed by atoms with van der Waals surface area (Å²) in [5.41, 5.74) is 9.88. The molecule has 3 aromatic heterocycles. The first-order valence-electron chi connectivity index (χ1n) is 9.11. The molecule has 4 rings (SSSR count). The van der Waals surface area contributed by atoms with E-state index in [1.165, 1.54) is 12.1 Å². The van der Waals surface area contributed by atoms with Gasteiger partial charge in [-0.05, 0) is 24.6 Å². The molecule has 0 aliphatic carbocycles. The Morgan fingerprint density at radius 3 is 2.55 bits per heavy atom. The molecular formula is C21H20FN7. The van der Waals surface area contributed by atoms with E-state index < -0.39 is 0 Å². The Labute approximate surface area is 167 Å². The molecular weight excluding hydrogens is 369 g/mol. The number of hydrogen-bond acceptors (Lipinski definition) is 6. The number of halogens is 1. The molecule has 146 valence electrons. The Morgan fingerprint density at radius 2 is 1.90 bits per heavy atom. The normalized spacial score (nSPS) is 12.0. The number of pyridine rings is 1. The number of rotatable bonds is 5. The van der Waals surface area contributed by atoms with Gasteiger partial charge in [-0.1, -0.05) is 19.1 Å². The summed E-state index contributed by atoms with van der Waals surface area (Å²) in [6.45, 7) is 3.94. The van der Waals surface area contributed by atoms with Crippen LogP contribution >= 0.6 is 0 Å². The quantitative estimate of drug-likeness (QED) is 0.536. The minimum atomic E-state index is -0.277. The summed E-state index contributed by atoms with van der Waals surface area (Å²) in [4.78, 5) is 17.1. The smallest absolute Gasteiger partial charge is 0.150 e. The zero-order valence-corrected chi connectivity index (χ0v) is 16.0. The van der Waals surface area contributed by atoms with Gasteiger partial charge in [0.25, 0.3) is 0 Å². The minimum Gasteiger partial charge on any atom is -0.383 e. The molecule has 8 heteroatoms. The molecule has 1 unspecified atom stereocenters. The third-order valence-electron chi connectivity index (χ3n) is 4.68. The molecule has 0 radical (unpaired) electrons. The van der Waals surface area contributed by atoms with Gasteiger partial charge >= 0.3 is 0 Å². The second-order valence-corrected chi connectivity index (χ2v) is 6.74. The van der Waals surface area contributed by atoms with Gasteiger partial charge in [-0.2, -0.15) is 0 Å². The Hall–Kier alpha value is -3.81. The molecule has 0 bridgehead atoms. The number of nitrogens with zero attached hydrogens (tertiary/aromatic N) is 5. The van der Waals surface area contributed by atoms with Crippen LogP contribution in [0.3, 0.4) is 0 Å². The molecule has 3 heterocycles. The van der Waals surface area contributed by atoms with Crippen molar-refractivity contribution < 1.29 is 4.39 Å². The van der Waals surface area contributed by atoms with Crippen LogP contribution in [0.5, 0.6) is 0 Å². The van der Waals surface area contributed by atoms with Crippen molar-refractivity contribution in [3.63, 3.8) is 0 Å². The summed E-state index contributed by atoms with van der Waals surface area (Å²) in [6, 6.07) is 8.30. The number of nitrogen functional groups attached to an aromatic ring is 1. The molecule has 0 amide bonds. The topological polar surface area (TPSA) is 94.5 Å². The highest BCUT2D eigenvalue weighted by Gasteiger charge is 2.20. The van der Waals surface area contributed by atoms with Crippen molar-refractivity contribution in [2.75, 3.05) is 11.1 Å². The molecule has 0 saturated carbocycles. The van der Waals surface area contributed by atoms with Crippen LogP contribution in [0.1, 0.15) is 29.7 Å². The van der Waals surface area contributed by atoms with E-state index in [9.17, 15) is 4.39 Å². The number of benzene rings is 1. The van der Waals surface area contributed by atoms with Gasteiger partial charge in [0, 0.05) is 36.1 Å². The fraction of sp³-hybridized carbons (Fsp3) is 0.143. The average Bonchev–Trinajstić information content (AvgIpc) is 3.15. The SMILES string of the molecule is Cc1cn(-c2cc(Nc3cnccn3)nc(N)c2C(C)c2ccc(F)cc2)cn1. The van der Waals surface area contributed by atoms with Gasteiger partial charge in [0.15, 0.2) is 0 Å². The van der Waals surface area contributed by atoms with Crippen LogP contribution in [0.15, 0.2) is 61.4 Å². The zero-order valence-electron chi connectivity index (χ0n) is 16.0. The average molecular weight is 389 g/mol. The van der Waals surface area contributed by atoms with Gasteiger partial charge in [0.05, 0.1) is 23.9 Å². The van der Waals surface area contributed by atoms with Crippen molar-refractivity contribution in [2.24, 2.45) is 0 Å². The summed E-state index contributed by atoms with van der Waals surface area (Å²) < 4.78 is 15.3. The molecule has 1 aromatic carbocycles. The van der Waals surface area contributed by atoms with Crippen LogP contribution in [-0.4, -0.2) is 24.5 Å². The second kappa shape index (κ2) is 7.67. The lowest BCUT2D eigenvalue weighted by Gasteiger charge is -2.20. The summed E-state index contributed by atoms with van der Waals surface area (Å²) in [5.74, 6) is 1.09. The van der Waals surface area contributed by atoms with Crippen molar-refractivity contribution >= 4 is 17.5 Å². The van der Waals surface area contributed by atoms with Crippen molar-refractivity contribution in [1.82, 2.24) is 24.5 Å². The Morgan fingerprint density at radius 1 is 1.10 bits per heavy atom. The van der Waals surface area contributed by atoms with Crippen molar-refractivity contribution in [2.45, 2.75) is 19.8 Å². The summed E-state index contributed by atoms with van der Waals surface area (Å²) in [6.07, 6.45) is 8.45. The van der Waals surface area contributed by atoms with Crippen LogP contribution in [-0.2, 0) is 0 Å². The number of nitrogens with one attached hydrogen (secondary N) is 1. The molecule has 29 heavy (non-hydrogen) atoms. The first-order chi connectivity index (χ1) is 14.0. The Balaban J connectivity index is 1.82. The fourth-order valence-electron chi connectivity index (χ4n) is 3.25. The first kappa shape index (κ1) is 18.5. The lowest BCUT2D eigenvalue weighted by Crippen LogP contribution is -2.11. The van der Waals surface area contributed by atoms with Crippen molar-refractivity contribution in [3.8, 4) is 5.69 Å². The maximum Gasteiger partial charge on any atom is 0.150 e.